The topological polar surface area (TPSA) is 38.7 Å². The molecule has 9 rings (SSSR count). The molecule has 3 heterocycles. The van der Waals surface area contributed by atoms with Gasteiger partial charge in [0.25, 0.3) is 0 Å². The van der Waals surface area contributed by atoms with Crippen molar-refractivity contribution in [2.24, 2.45) is 0 Å². The van der Waals surface area contributed by atoms with E-state index >= 15 is 0 Å². The summed E-state index contributed by atoms with van der Waals surface area (Å²) in [7, 11) is 0. The molecule has 220 valence electrons. The van der Waals surface area contributed by atoms with Crippen molar-refractivity contribution in [1.82, 2.24) is 15.0 Å². The van der Waals surface area contributed by atoms with Crippen LogP contribution in [0.4, 0.5) is 0 Å². The molecular weight excluding hydrogens is 591 g/mol. The Bertz CT molecular complexity index is 2560. The molecule has 9 aromatic rings. The van der Waals surface area contributed by atoms with Gasteiger partial charge in [-0.3, -0.25) is 4.98 Å². The number of fused-ring (bicyclic) bond motifs is 4. The fourth-order valence-electron chi connectivity index (χ4n) is 6.42. The van der Waals surface area contributed by atoms with Crippen LogP contribution in [-0.4, -0.2) is 15.0 Å². The van der Waals surface area contributed by atoms with Crippen molar-refractivity contribution in [1.29, 1.82) is 0 Å². The number of thiophene rings is 1. The van der Waals surface area contributed by atoms with Crippen LogP contribution >= 0.6 is 11.3 Å². The molecular formula is C43H27N3S. The Hall–Kier alpha value is -5.97. The minimum atomic E-state index is 0.690. The van der Waals surface area contributed by atoms with Crippen molar-refractivity contribution in [3.8, 4) is 56.2 Å². The molecule has 0 saturated carbocycles. The molecule has 0 atom stereocenters. The quantitative estimate of drug-likeness (QED) is 0.193. The second kappa shape index (κ2) is 11.4. The van der Waals surface area contributed by atoms with Crippen molar-refractivity contribution in [2.75, 3.05) is 0 Å². The molecule has 0 spiro atoms. The van der Waals surface area contributed by atoms with Gasteiger partial charge in [0.15, 0.2) is 5.82 Å². The van der Waals surface area contributed by atoms with E-state index in [1.54, 1.807) is 6.20 Å². The molecule has 3 nitrogen and oxygen atoms in total. The Morgan fingerprint density at radius 1 is 0.404 bits per heavy atom. The van der Waals surface area contributed by atoms with Gasteiger partial charge in [-0.05, 0) is 63.9 Å². The normalized spacial score (nSPS) is 11.4. The number of aromatic nitrogens is 3. The summed E-state index contributed by atoms with van der Waals surface area (Å²) >= 11 is 1.85. The lowest BCUT2D eigenvalue weighted by Crippen LogP contribution is -1.97. The molecule has 0 radical (unpaired) electrons. The van der Waals surface area contributed by atoms with E-state index in [4.69, 9.17) is 9.97 Å². The minimum absolute atomic E-state index is 0.690. The smallest absolute Gasteiger partial charge is 0.160 e. The summed E-state index contributed by atoms with van der Waals surface area (Å²) < 4.78 is 2.64. The third-order valence-corrected chi connectivity index (χ3v) is 9.95. The third kappa shape index (κ3) is 5.05. The van der Waals surface area contributed by atoms with Gasteiger partial charge >= 0.3 is 0 Å². The van der Waals surface area contributed by atoms with Crippen molar-refractivity contribution in [2.45, 2.75) is 0 Å². The van der Waals surface area contributed by atoms with Crippen LogP contribution in [0.15, 0.2) is 164 Å². The Balaban J connectivity index is 1.16. The summed E-state index contributed by atoms with van der Waals surface area (Å²) in [6.45, 7) is 0. The Labute approximate surface area is 276 Å². The van der Waals surface area contributed by atoms with E-state index in [0.717, 1.165) is 39.2 Å². The predicted octanol–water partition coefficient (Wildman–Crippen LogP) is 11.7. The van der Waals surface area contributed by atoms with Crippen LogP contribution in [0.25, 0.3) is 87.1 Å². The molecule has 0 bridgehead atoms. The first kappa shape index (κ1) is 27.3. The van der Waals surface area contributed by atoms with Gasteiger partial charge < -0.3 is 0 Å². The highest BCUT2D eigenvalue weighted by Gasteiger charge is 2.14. The molecule has 0 amide bonds. The second-order valence-electron chi connectivity index (χ2n) is 11.7. The highest BCUT2D eigenvalue weighted by molar-refractivity contribution is 7.25. The second-order valence-corrected chi connectivity index (χ2v) is 12.8. The maximum absolute atomic E-state index is 5.17. The molecule has 0 saturated heterocycles. The van der Waals surface area contributed by atoms with E-state index in [1.807, 2.05) is 23.6 Å². The number of hydrogen-bond donors (Lipinski definition) is 0. The zero-order valence-corrected chi connectivity index (χ0v) is 26.2. The van der Waals surface area contributed by atoms with Crippen molar-refractivity contribution in [3.63, 3.8) is 0 Å². The van der Waals surface area contributed by atoms with Crippen LogP contribution in [0, 0.1) is 0 Å². The molecule has 0 aliphatic heterocycles. The summed E-state index contributed by atoms with van der Waals surface area (Å²) in [5.74, 6) is 0.690. The van der Waals surface area contributed by atoms with Crippen molar-refractivity contribution < 1.29 is 0 Å². The van der Waals surface area contributed by atoms with Crippen molar-refractivity contribution in [3.05, 3.63) is 164 Å². The number of benzene rings is 6. The average molecular weight is 618 g/mol. The number of rotatable bonds is 5. The Kier molecular flexibility index (Phi) is 6.65. The monoisotopic (exact) mass is 617 g/mol. The predicted molar refractivity (Wildman–Crippen MR) is 197 cm³/mol. The van der Waals surface area contributed by atoms with Crippen LogP contribution < -0.4 is 0 Å². The van der Waals surface area contributed by atoms with Crippen LogP contribution in [0.3, 0.4) is 0 Å². The highest BCUT2D eigenvalue weighted by Crippen LogP contribution is 2.37. The largest absolute Gasteiger partial charge is 0.264 e. The van der Waals surface area contributed by atoms with Gasteiger partial charge in [0, 0.05) is 54.8 Å². The highest BCUT2D eigenvalue weighted by atomic mass is 32.1. The maximum Gasteiger partial charge on any atom is 0.160 e. The lowest BCUT2D eigenvalue weighted by atomic mass is 9.98. The fraction of sp³-hybridized carbons (Fsp3) is 0. The summed E-state index contributed by atoms with van der Waals surface area (Å²) in [4.78, 5) is 14.7. The standard InChI is InChI=1S/C43H27N3S/c1-2-13-35-29(8-1)9-6-15-36(35)40-26-39(45-43(46-40)33-11-5-10-31(24-33)34-12-7-23-44-27-34)30-19-17-28(18-20-30)32-21-22-42-38(25-32)37-14-3-4-16-41(37)47-42/h1-27H. The fourth-order valence-corrected chi connectivity index (χ4v) is 7.51. The molecule has 0 fully saturated rings. The lowest BCUT2D eigenvalue weighted by Gasteiger charge is -2.12. The minimum Gasteiger partial charge on any atom is -0.264 e. The van der Waals surface area contributed by atoms with E-state index in [9.17, 15) is 0 Å². The zero-order chi connectivity index (χ0) is 31.2. The SMILES string of the molecule is c1cncc(-c2cccc(-c3nc(-c4ccc(-c5ccc6sc7ccccc7c6c5)cc4)cc(-c4cccc5ccccc45)n3)c2)c1. The van der Waals surface area contributed by atoms with Crippen LogP contribution in [0.1, 0.15) is 0 Å². The van der Waals surface area contributed by atoms with Gasteiger partial charge in [0.2, 0.25) is 0 Å². The van der Waals surface area contributed by atoms with Gasteiger partial charge in [-0.1, -0.05) is 115 Å². The molecule has 3 aromatic heterocycles. The number of nitrogens with zero attached hydrogens (tertiary/aromatic N) is 3. The summed E-state index contributed by atoms with van der Waals surface area (Å²) in [5, 5.41) is 4.97. The maximum atomic E-state index is 5.17. The molecule has 0 N–H and O–H groups in total. The van der Waals surface area contributed by atoms with Gasteiger partial charge in [-0.15, -0.1) is 11.3 Å². The molecule has 0 aliphatic rings. The first-order valence-electron chi connectivity index (χ1n) is 15.7. The van der Waals surface area contributed by atoms with E-state index in [1.165, 1.54) is 42.1 Å². The number of hydrogen-bond acceptors (Lipinski definition) is 4. The number of pyridine rings is 1. The Morgan fingerprint density at radius 2 is 1.09 bits per heavy atom. The lowest BCUT2D eigenvalue weighted by molar-refractivity contribution is 1.18. The van der Waals surface area contributed by atoms with Gasteiger partial charge in [0.1, 0.15) is 0 Å². The molecule has 4 heteroatoms. The van der Waals surface area contributed by atoms with E-state index in [-0.39, 0.29) is 0 Å². The third-order valence-electron chi connectivity index (χ3n) is 8.80. The van der Waals surface area contributed by atoms with E-state index in [0.29, 0.717) is 5.82 Å². The summed E-state index contributed by atoms with van der Waals surface area (Å²) in [6.07, 6.45) is 3.68. The zero-order valence-electron chi connectivity index (χ0n) is 25.3. The van der Waals surface area contributed by atoms with Gasteiger partial charge in [0.05, 0.1) is 11.4 Å². The molecule has 6 aromatic carbocycles. The van der Waals surface area contributed by atoms with Crippen LogP contribution in [0.5, 0.6) is 0 Å². The van der Waals surface area contributed by atoms with E-state index < -0.39 is 0 Å². The summed E-state index contributed by atoms with van der Waals surface area (Å²) in [5.41, 5.74) is 9.40. The average Bonchev–Trinajstić information content (AvgIpc) is 3.53. The van der Waals surface area contributed by atoms with Crippen molar-refractivity contribution >= 4 is 42.3 Å². The van der Waals surface area contributed by atoms with Crippen LogP contribution in [-0.2, 0) is 0 Å². The first-order chi connectivity index (χ1) is 23.3. The van der Waals surface area contributed by atoms with Gasteiger partial charge in [-0.25, -0.2) is 9.97 Å². The molecule has 0 unspecified atom stereocenters. The van der Waals surface area contributed by atoms with Gasteiger partial charge in [-0.2, -0.15) is 0 Å². The molecule has 0 aliphatic carbocycles. The van der Waals surface area contributed by atoms with Crippen LogP contribution in [0.2, 0.25) is 0 Å². The van der Waals surface area contributed by atoms with E-state index in [2.05, 4.69) is 151 Å². The summed E-state index contributed by atoms with van der Waals surface area (Å²) in [6, 6.07) is 53.6. The Morgan fingerprint density at radius 3 is 1.98 bits per heavy atom. The molecule has 47 heavy (non-hydrogen) atoms. The first-order valence-corrected chi connectivity index (χ1v) is 16.5.